The third-order valence-corrected chi connectivity index (χ3v) is 3.23. The maximum absolute atomic E-state index is 4.45. The Kier molecular flexibility index (Phi) is 6.75. The third-order valence-electron chi connectivity index (χ3n) is 3.23. The molecule has 0 aliphatic heterocycles. The zero-order valence-corrected chi connectivity index (χ0v) is 13.3. The summed E-state index contributed by atoms with van der Waals surface area (Å²) in [7, 11) is 0. The van der Waals surface area contributed by atoms with Crippen LogP contribution >= 0.6 is 12.4 Å². The lowest BCUT2D eigenvalue weighted by Gasteiger charge is -2.07. The molecule has 112 valence electrons. The van der Waals surface area contributed by atoms with Crippen molar-refractivity contribution in [3.05, 3.63) is 35.4 Å². The Morgan fingerprint density at radius 1 is 1.25 bits per heavy atom. The van der Waals surface area contributed by atoms with Crippen molar-refractivity contribution in [2.24, 2.45) is 0 Å². The predicted molar refractivity (Wildman–Crippen MR) is 82.9 cm³/mol. The molecule has 0 spiro atoms. The molecule has 0 saturated carbocycles. The van der Waals surface area contributed by atoms with Gasteiger partial charge in [-0.25, -0.2) is 0 Å². The fourth-order valence-corrected chi connectivity index (χ4v) is 2.14. The number of rotatable bonds is 7. The molecular weight excluding hydrogens is 274 g/mol. The molecule has 0 unspecified atom stereocenters. The second kappa shape index (κ2) is 8.07. The summed E-state index contributed by atoms with van der Waals surface area (Å²) in [5, 5.41) is 12.2. The first-order valence-electron chi connectivity index (χ1n) is 6.99. The normalized spacial score (nSPS) is 10.6. The first kappa shape index (κ1) is 16.7. The molecule has 5 nitrogen and oxygen atoms in total. The molecule has 20 heavy (non-hydrogen) atoms. The topological polar surface area (TPSA) is 47.7 Å². The summed E-state index contributed by atoms with van der Waals surface area (Å²) in [4.78, 5) is 0. The quantitative estimate of drug-likeness (QED) is 0.854. The summed E-state index contributed by atoms with van der Waals surface area (Å²) >= 11 is 0. The van der Waals surface area contributed by atoms with E-state index in [1.807, 2.05) is 10.9 Å². The van der Waals surface area contributed by atoms with Crippen LogP contribution in [0.15, 0.2) is 18.5 Å². The molecule has 0 aliphatic carbocycles. The molecule has 0 fully saturated rings. The highest BCUT2D eigenvalue weighted by atomic mass is 35.5. The molecule has 0 bridgehead atoms. The molecule has 0 aromatic carbocycles. The third kappa shape index (κ3) is 4.08. The minimum absolute atomic E-state index is 0. The van der Waals surface area contributed by atoms with E-state index in [0.29, 0.717) is 0 Å². The zero-order valence-electron chi connectivity index (χ0n) is 12.5. The van der Waals surface area contributed by atoms with Gasteiger partial charge in [-0.3, -0.25) is 9.36 Å². The number of halogens is 1. The molecular formula is C14H24ClN5. The summed E-state index contributed by atoms with van der Waals surface area (Å²) in [6, 6.07) is 2.07. The maximum atomic E-state index is 4.45. The monoisotopic (exact) mass is 297 g/mol. The van der Waals surface area contributed by atoms with Gasteiger partial charge in [0, 0.05) is 44.1 Å². The Morgan fingerprint density at radius 2 is 2.05 bits per heavy atom. The van der Waals surface area contributed by atoms with E-state index in [1.54, 1.807) is 0 Å². The van der Waals surface area contributed by atoms with Gasteiger partial charge in [0.25, 0.3) is 0 Å². The molecule has 2 rings (SSSR count). The van der Waals surface area contributed by atoms with E-state index in [4.69, 9.17) is 0 Å². The SMILES string of the molecule is CCCn1nccc1CNCc1cn(CC)nc1C.Cl. The number of hydrogen-bond acceptors (Lipinski definition) is 3. The van der Waals surface area contributed by atoms with Crippen LogP contribution in [0.4, 0.5) is 0 Å². The highest BCUT2D eigenvalue weighted by Crippen LogP contribution is 2.06. The molecule has 0 aliphatic rings. The van der Waals surface area contributed by atoms with Crippen molar-refractivity contribution in [2.75, 3.05) is 0 Å². The fraction of sp³-hybridized carbons (Fsp3) is 0.571. The van der Waals surface area contributed by atoms with E-state index >= 15 is 0 Å². The summed E-state index contributed by atoms with van der Waals surface area (Å²) in [6.45, 7) is 9.93. The number of aryl methyl sites for hydroxylation is 3. The van der Waals surface area contributed by atoms with Gasteiger partial charge in [-0.05, 0) is 26.3 Å². The van der Waals surface area contributed by atoms with Gasteiger partial charge >= 0.3 is 0 Å². The van der Waals surface area contributed by atoms with E-state index in [-0.39, 0.29) is 12.4 Å². The second-order valence-corrected chi connectivity index (χ2v) is 4.74. The largest absolute Gasteiger partial charge is 0.307 e. The standard InChI is InChI=1S/C14H23N5.ClH/c1-4-8-19-14(6-7-16-19)10-15-9-13-11-18(5-2)17-12(13)3;/h6-7,11,15H,4-5,8-10H2,1-3H3;1H. The van der Waals surface area contributed by atoms with E-state index in [9.17, 15) is 0 Å². The minimum atomic E-state index is 0. The average Bonchev–Trinajstić information content (AvgIpc) is 2.98. The lowest BCUT2D eigenvalue weighted by atomic mass is 10.2. The van der Waals surface area contributed by atoms with Gasteiger partial charge in [0.1, 0.15) is 0 Å². The lowest BCUT2D eigenvalue weighted by molar-refractivity contribution is 0.549. The van der Waals surface area contributed by atoms with Crippen LogP contribution in [0.2, 0.25) is 0 Å². The average molecular weight is 298 g/mol. The van der Waals surface area contributed by atoms with Gasteiger partial charge in [-0.1, -0.05) is 6.92 Å². The van der Waals surface area contributed by atoms with Gasteiger partial charge in [0.05, 0.1) is 11.4 Å². The molecule has 0 atom stereocenters. The second-order valence-electron chi connectivity index (χ2n) is 4.74. The molecule has 0 radical (unpaired) electrons. The van der Waals surface area contributed by atoms with E-state index < -0.39 is 0 Å². The fourth-order valence-electron chi connectivity index (χ4n) is 2.14. The van der Waals surface area contributed by atoms with Crippen LogP contribution in [0.3, 0.4) is 0 Å². The van der Waals surface area contributed by atoms with Crippen molar-refractivity contribution in [1.29, 1.82) is 0 Å². The van der Waals surface area contributed by atoms with Crippen LogP contribution in [-0.4, -0.2) is 19.6 Å². The van der Waals surface area contributed by atoms with Crippen molar-refractivity contribution < 1.29 is 0 Å². The minimum Gasteiger partial charge on any atom is -0.307 e. The molecule has 1 N–H and O–H groups in total. The van der Waals surface area contributed by atoms with Crippen LogP contribution in [-0.2, 0) is 26.2 Å². The lowest BCUT2D eigenvalue weighted by Crippen LogP contribution is -2.16. The highest BCUT2D eigenvalue weighted by molar-refractivity contribution is 5.85. The van der Waals surface area contributed by atoms with Crippen LogP contribution in [0, 0.1) is 6.92 Å². The number of aromatic nitrogens is 4. The Balaban J connectivity index is 0.00000200. The van der Waals surface area contributed by atoms with Crippen LogP contribution < -0.4 is 5.32 Å². The highest BCUT2D eigenvalue weighted by Gasteiger charge is 2.05. The Labute approximate surface area is 126 Å². The molecule has 2 aromatic heterocycles. The first-order chi connectivity index (χ1) is 9.24. The van der Waals surface area contributed by atoms with Gasteiger partial charge in [-0.2, -0.15) is 10.2 Å². The van der Waals surface area contributed by atoms with E-state index in [0.717, 1.165) is 38.3 Å². The number of nitrogens with zero attached hydrogens (tertiary/aromatic N) is 4. The maximum Gasteiger partial charge on any atom is 0.0638 e. The Bertz CT molecular complexity index is 517. The van der Waals surface area contributed by atoms with Crippen molar-refractivity contribution in [3.63, 3.8) is 0 Å². The van der Waals surface area contributed by atoms with E-state index in [2.05, 4.69) is 53.2 Å². The van der Waals surface area contributed by atoms with Crippen molar-refractivity contribution in [1.82, 2.24) is 24.9 Å². The van der Waals surface area contributed by atoms with Crippen molar-refractivity contribution >= 4 is 12.4 Å². The molecule has 0 saturated heterocycles. The summed E-state index contributed by atoms with van der Waals surface area (Å²) in [6.07, 6.45) is 5.09. The first-order valence-corrected chi connectivity index (χ1v) is 6.99. The summed E-state index contributed by atoms with van der Waals surface area (Å²) in [5.41, 5.74) is 3.61. The van der Waals surface area contributed by atoms with Crippen LogP contribution in [0.5, 0.6) is 0 Å². The molecule has 6 heteroatoms. The molecule has 2 aromatic rings. The van der Waals surface area contributed by atoms with Crippen molar-refractivity contribution in [3.8, 4) is 0 Å². The predicted octanol–water partition coefficient (Wildman–Crippen LogP) is 2.53. The van der Waals surface area contributed by atoms with Crippen LogP contribution in [0.1, 0.15) is 37.2 Å². The molecule has 2 heterocycles. The number of hydrogen-bond donors (Lipinski definition) is 1. The smallest absolute Gasteiger partial charge is 0.0638 e. The van der Waals surface area contributed by atoms with Gasteiger partial charge in [0.15, 0.2) is 0 Å². The van der Waals surface area contributed by atoms with Gasteiger partial charge in [-0.15, -0.1) is 12.4 Å². The van der Waals surface area contributed by atoms with E-state index in [1.165, 1.54) is 11.3 Å². The number of nitrogens with one attached hydrogen (secondary N) is 1. The van der Waals surface area contributed by atoms with Gasteiger partial charge in [0.2, 0.25) is 0 Å². The molecule has 0 amide bonds. The van der Waals surface area contributed by atoms with Gasteiger partial charge < -0.3 is 5.32 Å². The Hall–Kier alpha value is -1.33. The van der Waals surface area contributed by atoms with Crippen LogP contribution in [0.25, 0.3) is 0 Å². The Morgan fingerprint density at radius 3 is 2.70 bits per heavy atom. The van der Waals surface area contributed by atoms with Crippen molar-refractivity contribution in [2.45, 2.75) is 53.4 Å². The zero-order chi connectivity index (χ0) is 13.7. The summed E-state index contributed by atoms with van der Waals surface area (Å²) < 4.78 is 4.04. The summed E-state index contributed by atoms with van der Waals surface area (Å²) in [5.74, 6) is 0.